The van der Waals surface area contributed by atoms with Crippen LogP contribution in [0.1, 0.15) is 85.5 Å². The van der Waals surface area contributed by atoms with E-state index in [0.717, 1.165) is 44.3 Å². The molecule has 1 N–H and O–H groups in total. The molecule has 0 aliphatic carbocycles. The first-order valence-electron chi connectivity index (χ1n) is 10.1. The van der Waals surface area contributed by atoms with Crippen LogP contribution >= 0.6 is 0 Å². The fourth-order valence-corrected chi connectivity index (χ4v) is 2.85. The second-order valence-corrected chi connectivity index (χ2v) is 8.04. The van der Waals surface area contributed by atoms with Gasteiger partial charge in [0.2, 0.25) is 0 Å². The van der Waals surface area contributed by atoms with Gasteiger partial charge < -0.3 is 19.3 Å². The molecule has 5 heteroatoms. The third kappa shape index (κ3) is 10.9. The van der Waals surface area contributed by atoms with E-state index in [-0.39, 0.29) is 12.7 Å². The third-order valence-corrected chi connectivity index (χ3v) is 4.25. The van der Waals surface area contributed by atoms with E-state index in [9.17, 15) is 9.90 Å². The molecule has 0 amide bonds. The summed E-state index contributed by atoms with van der Waals surface area (Å²) in [7, 11) is 0. The van der Waals surface area contributed by atoms with Gasteiger partial charge in [-0.15, -0.1) is 0 Å². The number of allylic oxidation sites excluding steroid dienone is 1. The minimum Gasteiger partial charge on any atom is -0.460 e. The summed E-state index contributed by atoms with van der Waals surface area (Å²) < 4.78 is 16.7. The van der Waals surface area contributed by atoms with Gasteiger partial charge in [-0.3, -0.25) is 4.79 Å². The van der Waals surface area contributed by atoms with E-state index < -0.39 is 17.7 Å². The quantitative estimate of drug-likeness (QED) is 0.329. The van der Waals surface area contributed by atoms with Crippen LogP contribution < -0.4 is 0 Å². The van der Waals surface area contributed by atoms with Gasteiger partial charge in [-0.05, 0) is 58.4 Å². The Morgan fingerprint density at radius 2 is 2.04 bits per heavy atom. The second-order valence-electron chi connectivity index (χ2n) is 8.04. The number of hydrogen-bond donors (Lipinski definition) is 1. The van der Waals surface area contributed by atoms with Crippen molar-refractivity contribution in [2.75, 3.05) is 13.2 Å². The Morgan fingerprint density at radius 1 is 1.27 bits per heavy atom. The largest absolute Gasteiger partial charge is 0.460 e. The summed E-state index contributed by atoms with van der Waals surface area (Å²) in [5.74, 6) is -0.393. The normalized spacial score (nSPS) is 20.0. The van der Waals surface area contributed by atoms with Gasteiger partial charge in [-0.1, -0.05) is 32.3 Å². The Morgan fingerprint density at radius 3 is 2.65 bits per heavy atom. The molecule has 1 heterocycles. The van der Waals surface area contributed by atoms with Crippen LogP contribution in [0.4, 0.5) is 0 Å². The van der Waals surface area contributed by atoms with E-state index in [1.54, 1.807) is 0 Å². The minimum atomic E-state index is -0.875. The lowest BCUT2D eigenvalue weighted by molar-refractivity contribution is -0.160. The van der Waals surface area contributed by atoms with Gasteiger partial charge in [0.25, 0.3) is 0 Å². The van der Waals surface area contributed by atoms with E-state index >= 15 is 0 Å². The number of rotatable bonds is 11. The smallest absolute Gasteiger partial charge is 0.309 e. The van der Waals surface area contributed by atoms with Gasteiger partial charge in [0.05, 0.1) is 19.1 Å². The maximum absolute atomic E-state index is 12.0. The van der Waals surface area contributed by atoms with Gasteiger partial charge in [0.1, 0.15) is 5.60 Å². The number of unbranched alkanes of at least 4 members (excludes halogenated alkanes) is 4. The van der Waals surface area contributed by atoms with Crippen molar-refractivity contribution in [1.29, 1.82) is 0 Å². The van der Waals surface area contributed by atoms with Crippen molar-refractivity contribution in [2.45, 2.75) is 103 Å². The van der Waals surface area contributed by atoms with Gasteiger partial charge in [-0.2, -0.15) is 0 Å². The highest BCUT2D eigenvalue weighted by atomic mass is 16.7. The summed E-state index contributed by atoms with van der Waals surface area (Å²) in [4.78, 5) is 12.0. The third-order valence-electron chi connectivity index (χ3n) is 4.25. The van der Waals surface area contributed by atoms with E-state index in [2.05, 4.69) is 6.92 Å². The lowest BCUT2D eigenvalue weighted by atomic mass is 10.0. The summed E-state index contributed by atoms with van der Waals surface area (Å²) in [6.07, 6.45) is 9.49. The van der Waals surface area contributed by atoms with Crippen molar-refractivity contribution in [3.05, 3.63) is 11.6 Å². The van der Waals surface area contributed by atoms with Gasteiger partial charge in [0.15, 0.2) is 6.29 Å². The number of carbonyl (C=O) groups is 1. The summed E-state index contributed by atoms with van der Waals surface area (Å²) in [6, 6.07) is 0. The Balaban J connectivity index is 2.56. The first kappa shape index (κ1) is 23.1. The molecule has 0 spiro atoms. The highest BCUT2D eigenvalue weighted by Crippen LogP contribution is 2.18. The molecule has 1 saturated heterocycles. The molecule has 2 unspecified atom stereocenters. The fraction of sp³-hybridized carbons (Fsp3) is 0.857. The van der Waals surface area contributed by atoms with E-state index in [1.165, 1.54) is 19.3 Å². The zero-order chi connectivity index (χ0) is 19.4. The van der Waals surface area contributed by atoms with Gasteiger partial charge in [0, 0.05) is 6.61 Å². The average Bonchev–Trinajstić information content (AvgIpc) is 2.56. The maximum Gasteiger partial charge on any atom is 0.309 e. The zero-order valence-corrected chi connectivity index (χ0v) is 17.1. The van der Waals surface area contributed by atoms with Crippen molar-refractivity contribution in [1.82, 2.24) is 0 Å². The molecule has 26 heavy (non-hydrogen) atoms. The predicted molar refractivity (Wildman–Crippen MR) is 103 cm³/mol. The lowest BCUT2D eigenvalue weighted by Crippen LogP contribution is -2.29. The first-order chi connectivity index (χ1) is 12.3. The highest BCUT2D eigenvalue weighted by Gasteiger charge is 2.22. The van der Waals surface area contributed by atoms with Crippen LogP contribution in [0.25, 0.3) is 0 Å². The SMILES string of the molecule is CCCCCC/C=C(\COC1CCCCO1)C(O)CC(=O)OC(C)(C)C. The summed E-state index contributed by atoms with van der Waals surface area (Å²) in [6.45, 7) is 8.68. The topological polar surface area (TPSA) is 65.0 Å². The highest BCUT2D eigenvalue weighted by molar-refractivity contribution is 5.71. The van der Waals surface area contributed by atoms with E-state index in [0.29, 0.717) is 6.61 Å². The van der Waals surface area contributed by atoms with Gasteiger partial charge >= 0.3 is 5.97 Å². The molecular weight excluding hydrogens is 332 g/mol. The Hall–Kier alpha value is -0.910. The molecule has 1 aliphatic heterocycles. The minimum absolute atomic E-state index is 0.0487. The summed E-state index contributed by atoms with van der Waals surface area (Å²) in [5.41, 5.74) is 0.203. The van der Waals surface area contributed by atoms with Crippen molar-refractivity contribution < 1.29 is 24.1 Å². The molecular formula is C21H38O5. The number of aliphatic hydroxyl groups is 1. The van der Waals surface area contributed by atoms with Crippen LogP contribution in [0, 0.1) is 0 Å². The van der Waals surface area contributed by atoms with Crippen LogP contribution in [-0.4, -0.2) is 42.3 Å². The molecule has 5 nitrogen and oxygen atoms in total. The second kappa shape index (κ2) is 12.5. The van der Waals surface area contributed by atoms with Gasteiger partial charge in [-0.25, -0.2) is 0 Å². The summed E-state index contributed by atoms with van der Waals surface area (Å²) >= 11 is 0. The zero-order valence-electron chi connectivity index (χ0n) is 17.1. The average molecular weight is 371 g/mol. The molecule has 0 radical (unpaired) electrons. The molecule has 1 rings (SSSR count). The van der Waals surface area contributed by atoms with Crippen molar-refractivity contribution in [2.24, 2.45) is 0 Å². The maximum atomic E-state index is 12.0. The number of esters is 1. The molecule has 0 aromatic heterocycles. The number of carbonyl (C=O) groups excluding carboxylic acids is 1. The van der Waals surface area contributed by atoms with Crippen LogP contribution in [0.15, 0.2) is 11.6 Å². The van der Waals surface area contributed by atoms with Crippen LogP contribution in [0.5, 0.6) is 0 Å². The van der Waals surface area contributed by atoms with Crippen molar-refractivity contribution >= 4 is 5.97 Å². The van der Waals surface area contributed by atoms with Crippen LogP contribution in [-0.2, 0) is 19.0 Å². The lowest BCUT2D eigenvalue weighted by Gasteiger charge is -2.25. The Bertz CT molecular complexity index is 419. The fourth-order valence-electron chi connectivity index (χ4n) is 2.85. The number of ether oxygens (including phenoxy) is 3. The Kier molecular flexibility index (Phi) is 11.1. The van der Waals surface area contributed by atoms with E-state index in [1.807, 2.05) is 26.8 Å². The predicted octanol–water partition coefficient (Wildman–Crippen LogP) is 4.52. The molecule has 0 bridgehead atoms. The molecule has 0 aromatic rings. The molecule has 1 fully saturated rings. The standard InChI is InChI=1S/C21H38O5/c1-5-6-7-8-9-12-17(16-25-20-13-10-11-14-24-20)18(22)15-19(23)26-21(2,3)4/h12,18,20,22H,5-11,13-16H2,1-4H3/b17-12+. The number of hydrogen-bond acceptors (Lipinski definition) is 5. The first-order valence-corrected chi connectivity index (χ1v) is 10.1. The van der Waals surface area contributed by atoms with Crippen LogP contribution in [0.2, 0.25) is 0 Å². The molecule has 0 aromatic carbocycles. The van der Waals surface area contributed by atoms with E-state index in [4.69, 9.17) is 14.2 Å². The van der Waals surface area contributed by atoms with Crippen molar-refractivity contribution in [3.8, 4) is 0 Å². The van der Waals surface area contributed by atoms with Crippen LogP contribution in [0.3, 0.4) is 0 Å². The Labute approximate surface area is 159 Å². The summed E-state index contributed by atoms with van der Waals surface area (Å²) in [5, 5.41) is 10.5. The monoisotopic (exact) mass is 370 g/mol. The van der Waals surface area contributed by atoms with Crippen molar-refractivity contribution in [3.63, 3.8) is 0 Å². The molecule has 152 valence electrons. The molecule has 0 saturated carbocycles. The molecule has 2 atom stereocenters. The molecule has 1 aliphatic rings. The number of aliphatic hydroxyl groups excluding tert-OH is 1.